The predicted molar refractivity (Wildman–Crippen MR) is 64.8 cm³/mol. The molecule has 90 valence electrons. The average Bonchev–Trinajstić information content (AvgIpc) is 2.21. The Morgan fingerprint density at radius 2 is 2.07 bits per heavy atom. The molecule has 0 spiro atoms. The third-order valence-electron chi connectivity index (χ3n) is 2.12. The van der Waals surface area contributed by atoms with E-state index in [1.807, 2.05) is 6.92 Å². The first-order valence-electron chi connectivity index (χ1n) is 5.71. The summed E-state index contributed by atoms with van der Waals surface area (Å²) in [6.07, 6.45) is 2.03. The van der Waals surface area contributed by atoms with Gasteiger partial charge in [-0.1, -0.05) is 20.8 Å². The number of nitrogens with one attached hydrogen (secondary N) is 1. The fourth-order valence-corrected chi connectivity index (χ4v) is 1.10. The number of aliphatic hydroxyl groups is 1. The fraction of sp³-hybridized carbons (Fsp3) is 0.909. The number of aliphatic imine (C=N–C) groups is 1. The van der Waals surface area contributed by atoms with Crippen molar-refractivity contribution in [2.75, 3.05) is 19.7 Å². The van der Waals surface area contributed by atoms with Crippen LogP contribution in [-0.4, -0.2) is 30.8 Å². The van der Waals surface area contributed by atoms with Crippen LogP contribution in [0.5, 0.6) is 0 Å². The monoisotopic (exact) mass is 215 g/mol. The molecule has 0 aromatic carbocycles. The molecule has 0 radical (unpaired) electrons. The summed E-state index contributed by atoms with van der Waals surface area (Å²) < 4.78 is 0. The zero-order valence-corrected chi connectivity index (χ0v) is 10.2. The van der Waals surface area contributed by atoms with Crippen molar-refractivity contribution in [2.45, 2.75) is 33.6 Å². The average molecular weight is 215 g/mol. The summed E-state index contributed by atoms with van der Waals surface area (Å²) in [6, 6.07) is 0. The molecule has 0 aliphatic rings. The molecule has 1 unspecified atom stereocenters. The van der Waals surface area contributed by atoms with Crippen molar-refractivity contribution >= 4 is 5.96 Å². The van der Waals surface area contributed by atoms with Crippen molar-refractivity contribution in [3.05, 3.63) is 0 Å². The van der Waals surface area contributed by atoms with Crippen LogP contribution >= 0.6 is 0 Å². The third-order valence-corrected chi connectivity index (χ3v) is 2.12. The SMILES string of the molecule is CC(C)CN=C(N)NCCCC(C)CO. The van der Waals surface area contributed by atoms with Crippen molar-refractivity contribution < 1.29 is 5.11 Å². The van der Waals surface area contributed by atoms with Crippen molar-refractivity contribution in [1.29, 1.82) is 0 Å². The first-order chi connectivity index (χ1) is 7.06. The van der Waals surface area contributed by atoms with Gasteiger partial charge in [-0.15, -0.1) is 0 Å². The van der Waals surface area contributed by atoms with E-state index >= 15 is 0 Å². The van der Waals surface area contributed by atoms with Crippen LogP contribution in [0, 0.1) is 11.8 Å². The lowest BCUT2D eigenvalue weighted by atomic mass is 10.1. The molecule has 0 saturated carbocycles. The second-order valence-corrected chi connectivity index (χ2v) is 4.48. The van der Waals surface area contributed by atoms with E-state index in [1.54, 1.807) is 0 Å². The van der Waals surface area contributed by atoms with Gasteiger partial charge in [0.15, 0.2) is 5.96 Å². The van der Waals surface area contributed by atoms with Crippen LogP contribution < -0.4 is 11.1 Å². The fourth-order valence-electron chi connectivity index (χ4n) is 1.10. The molecule has 0 aliphatic carbocycles. The van der Waals surface area contributed by atoms with Crippen LogP contribution in [0.25, 0.3) is 0 Å². The predicted octanol–water partition coefficient (Wildman–Crippen LogP) is 0.955. The lowest BCUT2D eigenvalue weighted by Crippen LogP contribution is -2.33. The maximum absolute atomic E-state index is 8.82. The molecule has 15 heavy (non-hydrogen) atoms. The maximum Gasteiger partial charge on any atom is 0.188 e. The molecular formula is C11H25N3O. The van der Waals surface area contributed by atoms with Crippen molar-refractivity contribution in [1.82, 2.24) is 5.32 Å². The van der Waals surface area contributed by atoms with Gasteiger partial charge in [-0.3, -0.25) is 4.99 Å². The van der Waals surface area contributed by atoms with E-state index in [9.17, 15) is 0 Å². The highest BCUT2D eigenvalue weighted by Gasteiger charge is 1.99. The van der Waals surface area contributed by atoms with Gasteiger partial charge < -0.3 is 16.2 Å². The lowest BCUT2D eigenvalue weighted by molar-refractivity contribution is 0.228. The van der Waals surface area contributed by atoms with Crippen LogP contribution in [0.4, 0.5) is 0 Å². The number of nitrogens with two attached hydrogens (primary N) is 1. The van der Waals surface area contributed by atoms with Gasteiger partial charge in [0, 0.05) is 19.7 Å². The van der Waals surface area contributed by atoms with Crippen LogP contribution in [0.3, 0.4) is 0 Å². The molecule has 0 fully saturated rings. The molecule has 0 saturated heterocycles. The minimum Gasteiger partial charge on any atom is -0.396 e. The van der Waals surface area contributed by atoms with Gasteiger partial charge in [0.25, 0.3) is 0 Å². The third kappa shape index (κ3) is 9.53. The molecule has 0 aliphatic heterocycles. The van der Waals surface area contributed by atoms with E-state index in [4.69, 9.17) is 10.8 Å². The molecule has 0 aromatic heterocycles. The molecule has 0 bridgehead atoms. The first-order valence-corrected chi connectivity index (χ1v) is 5.71. The number of nitrogens with zero attached hydrogens (tertiary/aromatic N) is 1. The molecule has 0 rings (SSSR count). The summed E-state index contributed by atoms with van der Waals surface area (Å²) in [5.41, 5.74) is 5.66. The summed E-state index contributed by atoms with van der Waals surface area (Å²) in [6.45, 7) is 8.12. The van der Waals surface area contributed by atoms with Crippen LogP contribution in [-0.2, 0) is 0 Å². The molecular weight excluding hydrogens is 190 g/mol. The lowest BCUT2D eigenvalue weighted by Gasteiger charge is -2.09. The zero-order valence-electron chi connectivity index (χ0n) is 10.2. The molecule has 0 heterocycles. The van der Waals surface area contributed by atoms with E-state index in [-0.39, 0.29) is 6.61 Å². The highest BCUT2D eigenvalue weighted by Crippen LogP contribution is 2.02. The van der Waals surface area contributed by atoms with Crippen molar-refractivity contribution in [3.63, 3.8) is 0 Å². The summed E-state index contributed by atoms with van der Waals surface area (Å²) in [7, 11) is 0. The summed E-state index contributed by atoms with van der Waals surface area (Å²) in [5.74, 6) is 1.45. The van der Waals surface area contributed by atoms with Gasteiger partial charge in [-0.25, -0.2) is 0 Å². The van der Waals surface area contributed by atoms with Gasteiger partial charge in [0.2, 0.25) is 0 Å². The maximum atomic E-state index is 8.82. The smallest absolute Gasteiger partial charge is 0.188 e. The van der Waals surface area contributed by atoms with Crippen LogP contribution in [0.15, 0.2) is 4.99 Å². The topological polar surface area (TPSA) is 70.6 Å². The van der Waals surface area contributed by atoms with Gasteiger partial charge >= 0.3 is 0 Å². The van der Waals surface area contributed by atoms with Gasteiger partial charge in [-0.05, 0) is 24.7 Å². The summed E-state index contributed by atoms with van der Waals surface area (Å²) in [5, 5.41) is 11.9. The molecule has 0 amide bonds. The van der Waals surface area contributed by atoms with Gasteiger partial charge in [0.1, 0.15) is 0 Å². The Labute approximate surface area is 93.0 Å². The van der Waals surface area contributed by atoms with Gasteiger partial charge in [0.05, 0.1) is 0 Å². The number of rotatable bonds is 7. The standard InChI is InChI=1S/C11H25N3O/c1-9(2)7-14-11(12)13-6-4-5-10(3)8-15/h9-10,15H,4-8H2,1-3H3,(H3,12,13,14). The quantitative estimate of drug-likeness (QED) is 0.336. The van der Waals surface area contributed by atoms with Crippen molar-refractivity contribution in [2.24, 2.45) is 22.6 Å². The minimum absolute atomic E-state index is 0.261. The molecule has 4 heteroatoms. The molecule has 1 atom stereocenters. The van der Waals surface area contributed by atoms with E-state index in [1.165, 1.54) is 0 Å². The van der Waals surface area contributed by atoms with E-state index in [0.29, 0.717) is 17.8 Å². The normalized spacial score (nSPS) is 14.3. The number of hydrogen-bond donors (Lipinski definition) is 3. The Kier molecular flexibility index (Phi) is 8.09. The number of aliphatic hydroxyl groups excluding tert-OH is 1. The first kappa shape index (κ1) is 14.2. The van der Waals surface area contributed by atoms with Crippen molar-refractivity contribution in [3.8, 4) is 0 Å². The Balaban J connectivity index is 3.46. The zero-order chi connectivity index (χ0) is 11.7. The highest BCUT2D eigenvalue weighted by molar-refractivity contribution is 5.77. The number of guanidine groups is 1. The van der Waals surface area contributed by atoms with Crippen LogP contribution in [0.1, 0.15) is 33.6 Å². The second kappa shape index (κ2) is 8.53. The molecule has 4 nitrogen and oxygen atoms in total. The van der Waals surface area contributed by atoms with E-state index < -0.39 is 0 Å². The van der Waals surface area contributed by atoms with Gasteiger partial charge in [-0.2, -0.15) is 0 Å². The Morgan fingerprint density at radius 1 is 1.40 bits per heavy atom. The summed E-state index contributed by atoms with van der Waals surface area (Å²) >= 11 is 0. The van der Waals surface area contributed by atoms with E-state index in [0.717, 1.165) is 25.9 Å². The van der Waals surface area contributed by atoms with E-state index in [2.05, 4.69) is 24.2 Å². The largest absolute Gasteiger partial charge is 0.396 e. The molecule has 4 N–H and O–H groups in total. The second-order valence-electron chi connectivity index (χ2n) is 4.48. The highest BCUT2D eigenvalue weighted by atomic mass is 16.3. The summed E-state index contributed by atoms with van der Waals surface area (Å²) in [4.78, 5) is 4.19. The number of hydrogen-bond acceptors (Lipinski definition) is 2. The Hall–Kier alpha value is -0.770. The Bertz CT molecular complexity index is 181. The Morgan fingerprint density at radius 3 is 2.60 bits per heavy atom. The van der Waals surface area contributed by atoms with Crippen LogP contribution in [0.2, 0.25) is 0 Å². The molecule has 0 aromatic rings. The minimum atomic E-state index is 0.261.